The lowest BCUT2D eigenvalue weighted by Gasteiger charge is -2.21. The molecule has 2 aliphatic carbocycles. The molecule has 0 radical (unpaired) electrons. The first kappa shape index (κ1) is 18.0. The van der Waals surface area contributed by atoms with Gasteiger partial charge in [0.25, 0.3) is 0 Å². The van der Waals surface area contributed by atoms with Crippen LogP contribution in [0, 0.1) is 5.95 Å². The minimum absolute atomic E-state index is 0.137. The fraction of sp³-hybridized carbons (Fsp3) is 0.500. The van der Waals surface area contributed by atoms with E-state index in [1.165, 1.54) is 4.57 Å². The van der Waals surface area contributed by atoms with Crippen molar-refractivity contribution in [1.82, 2.24) is 9.47 Å². The standard InChI is InChI=1S/C20H24FN3O3/c1-23(2)12-4-3-10(9-12)13-7-8-14-17(16(13)22)24(11-5-6-11)19(21)15(18(14)25)20(26)27/h7-8,10-12H,3-6,9,22H2,1-2H3,(H,26,27). The molecule has 144 valence electrons. The second-order valence-electron chi connectivity index (χ2n) is 7.99. The van der Waals surface area contributed by atoms with Crippen molar-refractivity contribution in [3.8, 4) is 0 Å². The van der Waals surface area contributed by atoms with Gasteiger partial charge in [0, 0.05) is 17.5 Å². The van der Waals surface area contributed by atoms with Crippen molar-refractivity contribution in [2.45, 2.75) is 50.1 Å². The Morgan fingerprint density at radius 2 is 1.96 bits per heavy atom. The molecule has 2 saturated carbocycles. The Kier molecular flexibility index (Phi) is 4.22. The second kappa shape index (κ2) is 6.34. The maximum Gasteiger partial charge on any atom is 0.344 e. The number of nitrogens with two attached hydrogens (primary N) is 1. The minimum atomic E-state index is -1.54. The van der Waals surface area contributed by atoms with E-state index in [1.54, 1.807) is 6.07 Å². The van der Waals surface area contributed by atoms with Crippen LogP contribution in [0.25, 0.3) is 10.9 Å². The molecule has 1 aromatic carbocycles. The van der Waals surface area contributed by atoms with E-state index in [2.05, 4.69) is 19.0 Å². The summed E-state index contributed by atoms with van der Waals surface area (Å²) >= 11 is 0. The molecule has 0 spiro atoms. The number of benzene rings is 1. The highest BCUT2D eigenvalue weighted by Gasteiger charge is 2.34. The number of fused-ring (bicyclic) bond motifs is 1. The van der Waals surface area contributed by atoms with Crippen LogP contribution in [0.15, 0.2) is 16.9 Å². The molecule has 4 rings (SSSR count). The number of carboxylic acid groups (broad SMARTS) is 1. The van der Waals surface area contributed by atoms with E-state index >= 15 is 0 Å². The molecule has 7 heteroatoms. The Labute approximate surface area is 156 Å². The molecular formula is C20H24FN3O3. The van der Waals surface area contributed by atoms with Crippen molar-refractivity contribution < 1.29 is 14.3 Å². The van der Waals surface area contributed by atoms with Gasteiger partial charge in [-0.3, -0.25) is 4.79 Å². The van der Waals surface area contributed by atoms with E-state index in [0.717, 1.165) is 37.7 Å². The molecule has 27 heavy (non-hydrogen) atoms. The highest BCUT2D eigenvalue weighted by molar-refractivity contribution is 5.97. The second-order valence-corrected chi connectivity index (χ2v) is 7.99. The van der Waals surface area contributed by atoms with Gasteiger partial charge in [-0.05, 0) is 63.7 Å². The number of hydrogen-bond donors (Lipinski definition) is 2. The van der Waals surface area contributed by atoms with Gasteiger partial charge in [-0.25, -0.2) is 4.79 Å². The first-order valence-corrected chi connectivity index (χ1v) is 9.37. The summed E-state index contributed by atoms with van der Waals surface area (Å²) in [6.07, 6.45) is 4.53. The van der Waals surface area contributed by atoms with Crippen LogP contribution >= 0.6 is 0 Å². The van der Waals surface area contributed by atoms with E-state index in [-0.39, 0.29) is 17.3 Å². The number of carboxylic acids is 1. The third kappa shape index (κ3) is 2.81. The van der Waals surface area contributed by atoms with E-state index in [9.17, 15) is 19.1 Å². The van der Waals surface area contributed by atoms with Gasteiger partial charge in [-0.2, -0.15) is 4.39 Å². The Bertz CT molecular complexity index is 994. The Balaban J connectivity index is 1.93. The molecule has 2 unspecified atom stereocenters. The lowest BCUT2D eigenvalue weighted by molar-refractivity contribution is 0.0688. The summed E-state index contributed by atoms with van der Waals surface area (Å²) in [5, 5.41) is 9.51. The normalized spacial score (nSPS) is 22.7. The zero-order chi connectivity index (χ0) is 19.5. The summed E-state index contributed by atoms with van der Waals surface area (Å²) < 4.78 is 16.3. The summed E-state index contributed by atoms with van der Waals surface area (Å²) in [5.74, 6) is -2.27. The summed E-state index contributed by atoms with van der Waals surface area (Å²) in [5.41, 5.74) is 6.57. The van der Waals surface area contributed by atoms with Crippen LogP contribution in [-0.2, 0) is 0 Å². The van der Waals surface area contributed by atoms with Gasteiger partial charge < -0.3 is 20.3 Å². The van der Waals surface area contributed by atoms with Crippen molar-refractivity contribution in [1.29, 1.82) is 0 Å². The van der Waals surface area contributed by atoms with Crippen molar-refractivity contribution in [3.63, 3.8) is 0 Å². The molecule has 2 aliphatic rings. The van der Waals surface area contributed by atoms with Crippen LogP contribution in [0.3, 0.4) is 0 Å². The van der Waals surface area contributed by atoms with Gasteiger partial charge in [0.05, 0.1) is 11.2 Å². The molecule has 2 aromatic rings. The van der Waals surface area contributed by atoms with Gasteiger partial charge >= 0.3 is 5.97 Å². The van der Waals surface area contributed by atoms with Crippen LogP contribution < -0.4 is 11.2 Å². The first-order chi connectivity index (χ1) is 12.8. The predicted molar refractivity (Wildman–Crippen MR) is 102 cm³/mol. The third-order valence-electron chi connectivity index (χ3n) is 6.08. The number of carbonyl (C=O) groups is 1. The number of rotatable bonds is 4. The van der Waals surface area contributed by atoms with Gasteiger partial charge in [-0.15, -0.1) is 0 Å². The molecular weight excluding hydrogens is 349 g/mol. The van der Waals surface area contributed by atoms with Crippen molar-refractivity contribution in [2.75, 3.05) is 19.8 Å². The largest absolute Gasteiger partial charge is 0.477 e. The predicted octanol–water partition coefficient (Wildman–Crippen LogP) is 2.95. The Hall–Kier alpha value is -2.41. The summed E-state index contributed by atoms with van der Waals surface area (Å²) in [6.45, 7) is 0. The van der Waals surface area contributed by atoms with E-state index in [1.807, 2.05) is 6.07 Å². The number of pyridine rings is 1. The molecule has 2 fully saturated rings. The number of nitrogens with zero attached hydrogens (tertiary/aromatic N) is 2. The number of aromatic carboxylic acids is 1. The molecule has 0 amide bonds. The number of aromatic nitrogens is 1. The number of anilines is 1. The van der Waals surface area contributed by atoms with Crippen LogP contribution in [0.4, 0.5) is 10.1 Å². The Morgan fingerprint density at radius 1 is 1.26 bits per heavy atom. The molecule has 3 N–H and O–H groups in total. The molecule has 6 nitrogen and oxygen atoms in total. The highest BCUT2D eigenvalue weighted by Crippen LogP contribution is 2.44. The zero-order valence-corrected chi connectivity index (χ0v) is 15.5. The number of hydrogen-bond acceptors (Lipinski definition) is 4. The lowest BCUT2D eigenvalue weighted by Crippen LogP contribution is -2.25. The smallest absolute Gasteiger partial charge is 0.344 e. The van der Waals surface area contributed by atoms with E-state index < -0.39 is 22.9 Å². The summed E-state index contributed by atoms with van der Waals surface area (Å²) in [4.78, 5) is 26.3. The molecule has 1 aromatic heterocycles. The van der Waals surface area contributed by atoms with Gasteiger partial charge in [-0.1, -0.05) is 6.07 Å². The van der Waals surface area contributed by atoms with Crippen molar-refractivity contribution in [3.05, 3.63) is 39.4 Å². The van der Waals surface area contributed by atoms with Crippen LogP contribution in [-0.4, -0.2) is 40.7 Å². The third-order valence-corrected chi connectivity index (χ3v) is 6.08. The van der Waals surface area contributed by atoms with Crippen LogP contribution in [0.2, 0.25) is 0 Å². The van der Waals surface area contributed by atoms with E-state index in [0.29, 0.717) is 17.2 Å². The van der Waals surface area contributed by atoms with Gasteiger partial charge in [0.1, 0.15) is 0 Å². The molecule has 1 heterocycles. The maximum atomic E-state index is 15.0. The van der Waals surface area contributed by atoms with Crippen molar-refractivity contribution in [2.24, 2.45) is 0 Å². The quantitative estimate of drug-likeness (QED) is 0.635. The lowest BCUT2D eigenvalue weighted by atomic mass is 9.93. The summed E-state index contributed by atoms with van der Waals surface area (Å²) in [7, 11) is 4.12. The van der Waals surface area contributed by atoms with Crippen LogP contribution in [0.5, 0.6) is 0 Å². The monoisotopic (exact) mass is 373 g/mol. The highest BCUT2D eigenvalue weighted by atomic mass is 19.1. The SMILES string of the molecule is CN(C)C1CCC(c2ccc3c(=O)c(C(=O)O)c(F)n(C4CC4)c3c2N)C1. The average molecular weight is 373 g/mol. The molecule has 0 aliphatic heterocycles. The van der Waals surface area contributed by atoms with Crippen molar-refractivity contribution >= 4 is 22.6 Å². The number of nitrogen functional groups attached to an aromatic ring is 1. The van der Waals surface area contributed by atoms with Gasteiger partial charge in [0.2, 0.25) is 11.4 Å². The average Bonchev–Trinajstić information content (AvgIpc) is 3.30. The Morgan fingerprint density at radius 3 is 2.52 bits per heavy atom. The zero-order valence-electron chi connectivity index (χ0n) is 15.5. The molecule has 0 saturated heterocycles. The van der Waals surface area contributed by atoms with Crippen LogP contribution in [0.1, 0.15) is 60.0 Å². The fourth-order valence-corrected chi connectivity index (χ4v) is 4.44. The summed E-state index contributed by atoms with van der Waals surface area (Å²) in [6, 6.07) is 3.78. The minimum Gasteiger partial charge on any atom is -0.477 e. The first-order valence-electron chi connectivity index (χ1n) is 9.37. The molecule has 2 atom stereocenters. The van der Waals surface area contributed by atoms with E-state index in [4.69, 9.17) is 5.73 Å². The molecule has 0 bridgehead atoms. The maximum absolute atomic E-state index is 15.0. The number of halogens is 1. The fourth-order valence-electron chi connectivity index (χ4n) is 4.44. The topological polar surface area (TPSA) is 88.6 Å². The van der Waals surface area contributed by atoms with Gasteiger partial charge in [0.15, 0.2) is 5.56 Å².